The van der Waals surface area contributed by atoms with Crippen molar-refractivity contribution in [1.29, 1.82) is 5.26 Å². The third-order valence-corrected chi connectivity index (χ3v) is 1.58. The van der Waals surface area contributed by atoms with Crippen LogP contribution in [0.2, 0.25) is 0 Å². The number of aromatic nitrogens is 2. The van der Waals surface area contributed by atoms with Crippen LogP contribution in [0.5, 0.6) is 5.88 Å². The normalized spacial score (nSPS) is 9.92. The molecular weight excluding hydrogens is 154 g/mol. The number of hydrogen-bond donors (Lipinski definition) is 2. The van der Waals surface area contributed by atoms with Crippen LogP contribution < -0.4 is 0 Å². The highest BCUT2D eigenvalue weighted by Gasteiger charge is 2.00. The summed E-state index contributed by atoms with van der Waals surface area (Å²) in [5, 5.41) is 18.3. The maximum Gasteiger partial charge on any atom is 0.190 e. The molecule has 0 amide bonds. The number of hydrogen-bond acceptors (Lipinski definition) is 3. The molecule has 0 fully saturated rings. The number of aromatic amines is 1. The first-order valence-electron chi connectivity index (χ1n) is 3.37. The molecule has 58 valence electrons. The predicted molar refractivity (Wildman–Crippen MR) is 42.5 cm³/mol. The summed E-state index contributed by atoms with van der Waals surface area (Å²) in [7, 11) is 0. The highest BCUT2D eigenvalue weighted by Crippen LogP contribution is 2.17. The molecule has 4 nitrogen and oxygen atoms in total. The Bertz CT molecular complexity index is 467. The van der Waals surface area contributed by atoms with E-state index in [0.29, 0.717) is 11.2 Å². The fraction of sp³-hybridized carbons (Fsp3) is 0. The molecule has 0 atom stereocenters. The van der Waals surface area contributed by atoms with Gasteiger partial charge >= 0.3 is 0 Å². The monoisotopic (exact) mass is 159 g/mol. The SMILES string of the molecule is N#Cc1cnc2[nH]c(O)cc2c1. The Morgan fingerprint density at radius 2 is 2.33 bits per heavy atom. The van der Waals surface area contributed by atoms with E-state index in [-0.39, 0.29) is 5.88 Å². The topological polar surface area (TPSA) is 72.7 Å². The molecule has 12 heavy (non-hydrogen) atoms. The molecule has 0 aromatic carbocycles. The molecule has 2 aromatic rings. The van der Waals surface area contributed by atoms with Crippen molar-refractivity contribution in [2.45, 2.75) is 0 Å². The van der Waals surface area contributed by atoms with E-state index in [2.05, 4.69) is 9.97 Å². The van der Waals surface area contributed by atoms with Crippen LogP contribution in [0.1, 0.15) is 5.56 Å². The number of fused-ring (bicyclic) bond motifs is 1. The minimum atomic E-state index is 0.0626. The molecule has 0 saturated carbocycles. The van der Waals surface area contributed by atoms with Crippen LogP contribution in [-0.4, -0.2) is 15.1 Å². The Morgan fingerprint density at radius 3 is 3.08 bits per heavy atom. The number of nitrogens with zero attached hydrogens (tertiary/aromatic N) is 2. The molecule has 0 aliphatic rings. The van der Waals surface area contributed by atoms with Gasteiger partial charge in [0.1, 0.15) is 11.7 Å². The van der Waals surface area contributed by atoms with Crippen molar-refractivity contribution in [3.05, 3.63) is 23.9 Å². The molecule has 0 spiro atoms. The smallest absolute Gasteiger partial charge is 0.190 e. The second kappa shape index (κ2) is 2.24. The molecule has 0 aliphatic carbocycles. The van der Waals surface area contributed by atoms with Crippen molar-refractivity contribution in [2.24, 2.45) is 0 Å². The van der Waals surface area contributed by atoms with E-state index in [1.54, 1.807) is 6.07 Å². The lowest BCUT2D eigenvalue weighted by Gasteiger charge is -1.87. The van der Waals surface area contributed by atoms with Gasteiger partial charge in [-0.05, 0) is 6.07 Å². The number of nitriles is 1. The van der Waals surface area contributed by atoms with Gasteiger partial charge < -0.3 is 10.1 Å². The highest BCUT2D eigenvalue weighted by molar-refractivity contribution is 5.78. The third kappa shape index (κ3) is 0.883. The van der Waals surface area contributed by atoms with Crippen molar-refractivity contribution >= 4 is 11.0 Å². The predicted octanol–water partition coefficient (Wildman–Crippen LogP) is 1.14. The van der Waals surface area contributed by atoms with Gasteiger partial charge in [-0.2, -0.15) is 5.26 Å². The molecule has 2 N–H and O–H groups in total. The van der Waals surface area contributed by atoms with E-state index in [9.17, 15) is 0 Å². The van der Waals surface area contributed by atoms with Gasteiger partial charge in [0.2, 0.25) is 0 Å². The summed E-state index contributed by atoms with van der Waals surface area (Å²) in [5.41, 5.74) is 1.08. The van der Waals surface area contributed by atoms with Crippen LogP contribution in [0, 0.1) is 11.3 Å². The zero-order valence-corrected chi connectivity index (χ0v) is 6.07. The fourth-order valence-electron chi connectivity index (χ4n) is 1.06. The van der Waals surface area contributed by atoms with Crippen LogP contribution in [0.15, 0.2) is 18.3 Å². The Morgan fingerprint density at radius 1 is 1.50 bits per heavy atom. The first-order chi connectivity index (χ1) is 5.79. The average Bonchev–Trinajstić information content (AvgIpc) is 2.43. The molecule has 0 radical (unpaired) electrons. The summed E-state index contributed by atoms with van der Waals surface area (Å²) in [6.45, 7) is 0. The highest BCUT2D eigenvalue weighted by atomic mass is 16.3. The van der Waals surface area contributed by atoms with Gasteiger partial charge in [-0.1, -0.05) is 0 Å². The number of pyridine rings is 1. The summed E-state index contributed by atoms with van der Waals surface area (Å²) in [4.78, 5) is 6.58. The summed E-state index contributed by atoms with van der Waals surface area (Å²) in [6, 6.07) is 5.17. The van der Waals surface area contributed by atoms with Crippen molar-refractivity contribution in [3.63, 3.8) is 0 Å². The van der Waals surface area contributed by atoms with Crippen molar-refractivity contribution in [3.8, 4) is 11.9 Å². The Balaban J connectivity index is 2.77. The molecule has 0 unspecified atom stereocenters. The first kappa shape index (κ1) is 6.68. The van der Waals surface area contributed by atoms with Gasteiger partial charge in [0, 0.05) is 17.6 Å². The van der Waals surface area contributed by atoms with E-state index in [1.165, 1.54) is 12.3 Å². The van der Waals surface area contributed by atoms with Crippen LogP contribution in [-0.2, 0) is 0 Å². The second-order valence-corrected chi connectivity index (χ2v) is 2.43. The van der Waals surface area contributed by atoms with Gasteiger partial charge in [-0.25, -0.2) is 4.98 Å². The minimum absolute atomic E-state index is 0.0626. The summed E-state index contributed by atoms with van der Waals surface area (Å²) < 4.78 is 0. The number of nitrogens with one attached hydrogen (secondary N) is 1. The lowest BCUT2D eigenvalue weighted by Crippen LogP contribution is -1.78. The zero-order valence-electron chi connectivity index (χ0n) is 6.07. The maximum absolute atomic E-state index is 9.04. The molecule has 2 heterocycles. The Hall–Kier alpha value is -2.02. The summed E-state index contributed by atoms with van der Waals surface area (Å²) in [6.07, 6.45) is 1.46. The fourth-order valence-corrected chi connectivity index (χ4v) is 1.06. The van der Waals surface area contributed by atoms with Gasteiger partial charge in [-0.15, -0.1) is 0 Å². The average molecular weight is 159 g/mol. The van der Waals surface area contributed by atoms with Crippen LogP contribution in [0.4, 0.5) is 0 Å². The molecule has 2 rings (SSSR count). The van der Waals surface area contributed by atoms with Crippen molar-refractivity contribution in [2.75, 3.05) is 0 Å². The van der Waals surface area contributed by atoms with Crippen LogP contribution >= 0.6 is 0 Å². The lowest BCUT2D eigenvalue weighted by atomic mass is 10.2. The number of aromatic hydroxyl groups is 1. The molecule has 4 heteroatoms. The lowest BCUT2D eigenvalue weighted by molar-refractivity contribution is 0.458. The molecular formula is C8H5N3O. The standard InChI is InChI=1S/C8H5N3O/c9-3-5-1-6-2-7(12)11-8(6)10-4-5/h1-2,4,12H,(H,10,11). The first-order valence-corrected chi connectivity index (χ1v) is 3.37. The van der Waals surface area contributed by atoms with Gasteiger partial charge in [0.15, 0.2) is 5.88 Å². The van der Waals surface area contributed by atoms with Gasteiger partial charge in [0.05, 0.1) is 5.56 Å². The van der Waals surface area contributed by atoms with Crippen LogP contribution in [0.25, 0.3) is 11.0 Å². The zero-order chi connectivity index (χ0) is 8.55. The largest absolute Gasteiger partial charge is 0.495 e. The van der Waals surface area contributed by atoms with E-state index in [0.717, 1.165) is 5.39 Å². The quantitative estimate of drug-likeness (QED) is 0.605. The Kier molecular flexibility index (Phi) is 1.25. The summed E-state index contributed by atoms with van der Waals surface area (Å²) in [5.74, 6) is 0.0626. The number of rotatable bonds is 0. The minimum Gasteiger partial charge on any atom is -0.495 e. The summed E-state index contributed by atoms with van der Waals surface area (Å²) >= 11 is 0. The number of H-pyrrole nitrogens is 1. The molecule has 0 aliphatic heterocycles. The molecule has 2 aromatic heterocycles. The second-order valence-electron chi connectivity index (χ2n) is 2.43. The maximum atomic E-state index is 9.04. The van der Waals surface area contributed by atoms with Crippen molar-refractivity contribution < 1.29 is 5.11 Å². The van der Waals surface area contributed by atoms with E-state index >= 15 is 0 Å². The molecule has 0 bridgehead atoms. The van der Waals surface area contributed by atoms with E-state index in [1.807, 2.05) is 6.07 Å². The third-order valence-electron chi connectivity index (χ3n) is 1.58. The molecule has 0 saturated heterocycles. The van der Waals surface area contributed by atoms with Gasteiger partial charge in [0.25, 0.3) is 0 Å². The van der Waals surface area contributed by atoms with E-state index < -0.39 is 0 Å². The van der Waals surface area contributed by atoms with Crippen LogP contribution in [0.3, 0.4) is 0 Å². The Labute approximate surface area is 68.1 Å². The van der Waals surface area contributed by atoms with Crippen molar-refractivity contribution in [1.82, 2.24) is 9.97 Å². The van der Waals surface area contributed by atoms with E-state index in [4.69, 9.17) is 10.4 Å². The van der Waals surface area contributed by atoms with Gasteiger partial charge in [-0.3, -0.25) is 0 Å².